The Bertz CT molecular complexity index is 524. The molecule has 1 amide bonds. The maximum atomic E-state index is 12.4. The van der Waals surface area contributed by atoms with Crippen molar-refractivity contribution in [2.24, 2.45) is 0 Å². The van der Waals surface area contributed by atoms with Crippen LogP contribution in [0.3, 0.4) is 0 Å². The monoisotopic (exact) mass is 290 g/mol. The number of carbonyl (C=O) groups is 1. The third-order valence-corrected chi connectivity index (χ3v) is 4.11. The molecule has 1 heterocycles. The van der Waals surface area contributed by atoms with Gasteiger partial charge in [0.1, 0.15) is 12.4 Å². The topological polar surface area (TPSA) is 61.8 Å². The van der Waals surface area contributed by atoms with E-state index in [1.807, 2.05) is 17.9 Å². The largest absolute Gasteiger partial charge is 0.508 e. The van der Waals surface area contributed by atoms with Crippen molar-refractivity contribution < 1.29 is 14.6 Å². The van der Waals surface area contributed by atoms with E-state index < -0.39 is 0 Å². The molecule has 2 N–H and O–H groups in total. The van der Waals surface area contributed by atoms with E-state index in [1.165, 1.54) is 0 Å². The number of ether oxygens (including phenoxy) is 1. The van der Waals surface area contributed by atoms with Gasteiger partial charge in [-0.2, -0.15) is 0 Å². The van der Waals surface area contributed by atoms with Crippen LogP contribution in [0.25, 0.3) is 0 Å². The Labute approximate surface area is 124 Å². The Kier molecular flexibility index (Phi) is 3.87. The predicted octanol–water partition coefficient (Wildman–Crippen LogP) is 1.26. The molecule has 1 aromatic rings. The number of nitrogens with one attached hydrogen (secondary N) is 1. The van der Waals surface area contributed by atoms with Crippen molar-refractivity contribution in [3.8, 4) is 5.75 Å². The van der Waals surface area contributed by atoms with Crippen molar-refractivity contribution in [3.05, 3.63) is 29.8 Å². The first-order valence-corrected chi connectivity index (χ1v) is 7.48. The molecule has 1 saturated carbocycles. The van der Waals surface area contributed by atoms with Crippen LogP contribution in [0, 0.1) is 0 Å². The lowest BCUT2D eigenvalue weighted by atomic mass is 10.0. The van der Waals surface area contributed by atoms with Gasteiger partial charge < -0.3 is 20.1 Å². The molecule has 0 aromatic heterocycles. The molecule has 1 saturated heterocycles. The van der Waals surface area contributed by atoms with E-state index in [0.29, 0.717) is 12.6 Å². The molecule has 2 fully saturated rings. The Balaban J connectivity index is 1.60. The second-order valence-corrected chi connectivity index (χ2v) is 6.26. The summed E-state index contributed by atoms with van der Waals surface area (Å²) in [4.78, 5) is 14.3. The molecule has 0 spiro atoms. The van der Waals surface area contributed by atoms with Crippen molar-refractivity contribution in [1.82, 2.24) is 10.2 Å². The summed E-state index contributed by atoms with van der Waals surface area (Å²) in [5.41, 5.74) is 0.752. The van der Waals surface area contributed by atoms with Gasteiger partial charge in [-0.1, -0.05) is 12.1 Å². The summed E-state index contributed by atoms with van der Waals surface area (Å²) in [5.74, 6) is 0.272. The van der Waals surface area contributed by atoms with Gasteiger partial charge in [-0.25, -0.2) is 0 Å². The lowest BCUT2D eigenvalue weighted by molar-refractivity contribution is -0.147. The Hall–Kier alpha value is -1.59. The number of hydrogen-bond acceptors (Lipinski definition) is 4. The third kappa shape index (κ3) is 3.54. The number of carbonyl (C=O) groups excluding carboxylic acids is 1. The zero-order valence-corrected chi connectivity index (χ0v) is 12.3. The average Bonchev–Trinajstić information content (AvgIpc) is 3.24. The standard InChI is InChI=1S/C16H22N2O3/c1-16(10-17-11-16)21-9-15(20)18(13-5-6-13)8-12-3-2-4-14(19)7-12/h2-4,7,13,17,19H,5-6,8-11H2,1H3. The highest BCUT2D eigenvalue weighted by Crippen LogP contribution is 2.29. The molecule has 0 unspecified atom stereocenters. The predicted molar refractivity (Wildman–Crippen MR) is 78.9 cm³/mol. The van der Waals surface area contributed by atoms with E-state index in [4.69, 9.17) is 4.74 Å². The van der Waals surface area contributed by atoms with Crippen LogP contribution >= 0.6 is 0 Å². The van der Waals surface area contributed by atoms with E-state index in [-0.39, 0.29) is 23.9 Å². The average molecular weight is 290 g/mol. The SMILES string of the molecule is CC1(OCC(=O)N(Cc2cccc(O)c2)C2CC2)CNC1. The highest BCUT2D eigenvalue weighted by molar-refractivity contribution is 5.78. The first-order chi connectivity index (χ1) is 10.1. The summed E-state index contributed by atoms with van der Waals surface area (Å²) in [6.07, 6.45) is 2.12. The van der Waals surface area contributed by atoms with Gasteiger partial charge in [-0.3, -0.25) is 4.79 Å². The molecule has 0 atom stereocenters. The highest BCUT2D eigenvalue weighted by Gasteiger charge is 2.36. The van der Waals surface area contributed by atoms with Crippen LogP contribution in [0.2, 0.25) is 0 Å². The van der Waals surface area contributed by atoms with Crippen molar-refractivity contribution in [2.45, 2.75) is 38.0 Å². The van der Waals surface area contributed by atoms with Crippen LogP contribution in [-0.4, -0.2) is 47.3 Å². The number of phenolic OH excluding ortho intramolecular Hbond substituents is 1. The minimum absolute atomic E-state index is 0.0361. The van der Waals surface area contributed by atoms with Crippen molar-refractivity contribution in [1.29, 1.82) is 0 Å². The summed E-state index contributed by atoms with van der Waals surface area (Å²) < 4.78 is 5.74. The molecule has 21 heavy (non-hydrogen) atoms. The highest BCUT2D eigenvalue weighted by atomic mass is 16.5. The van der Waals surface area contributed by atoms with E-state index in [0.717, 1.165) is 31.5 Å². The quantitative estimate of drug-likeness (QED) is 0.828. The molecule has 1 aliphatic carbocycles. The fourth-order valence-corrected chi connectivity index (χ4v) is 2.56. The number of amides is 1. The molecule has 3 rings (SSSR count). The summed E-state index contributed by atoms with van der Waals surface area (Å²) >= 11 is 0. The molecule has 1 aromatic carbocycles. The normalized spacial score (nSPS) is 19.9. The van der Waals surface area contributed by atoms with Gasteiger partial charge in [0, 0.05) is 25.7 Å². The molecular weight excluding hydrogens is 268 g/mol. The second kappa shape index (κ2) is 5.66. The first kappa shape index (κ1) is 14.4. The van der Waals surface area contributed by atoms with E-state index in [2.05, 4.69) is 5.32 Å². The molecule has 1 aliphatic heterocycles. The van der Waals surface area contributed by atoms with Gasteiger partial charge in [0.05, 0.1) is 5.60 Å². The van der Waals surface area contributed by atoms with Crippen LogP contribution in [0.15, 0.2) is 24.3 Å². The molecule has 2 aliphatic rings. The number of benzene rings is 1. The fraction of sp³-hybridized carbons (Fsp3) is 0.562. The Morgan fingerprint density at radius 3 is 2.81 bits per heavy atom. The van der Waals surface area contributed by atoms with Crippen LogP contribution in [0.1, 0.15) is 25.3 Å². The van der Waals surface area contributed by atoms with Gasteiger partial charge in [-0.15, -0.1) is 0 Å². The van der Waals surface area contributed by atoms with Gasteiger partial charge in [0.15, 0.2) is 0 Å². The number of nitrogens with zero attached hydrogens (tertiary/aromatic N) is 1. The van der Waals surface area contributed by atoms with Crippen LogP contribution in [0.5, 0.6) is 5.75 Å². The fourth-order valence-electron chi connectivity index (χ4n) is 2.56. The Morgan fingerprint density at radius 1 is 1.48 bits per heavy atom. The summed E-state index contributed by atoms with van der Waals surface area (Å²) in [5, 5.41) is 12.7. The number of aromatic hydroxyl groups is 1. The van der Waals surface area contributed by atoms with Gasteiger partial charge >= 0.3 is 0 Å². The first-order valence-electron chi connectivity index (χ1n) is 7.48. The minimum atomic E-state index is -0.199. The van der Waals surface area contributed by atoms with Crippen LogP contribution in [-0.2, 0) is 16.1 Å². The number of hydrogen-bond donors (Lipinski definition) is 2. The van der Waals surface area contributed by atoms with Crippen molar-refractivity contribution in [3.63, 3.8) is 0 Å². The molecule has 0 bridgehead atoms. The number of rotatable bonds is 6. The molecule has 0 radical (unpaired) electrons. The second-order valence-electron chi connectivity index (χ2n) is 6.26. The molecular formula is C16H22N2O3. The van der Waals surface area contributed by atoms with Crippen molar-refractivity contribution >= 4 is 5.91 Å². The lowest BCUT2D eigenvalue weighted by Crippen LogP contribution is -2.59. The van der Waals surface area contributed by atoms with E-state index in [1.54, 1.807) is 18.2 Å². The number of phenols is 1. The summed E-state index contributed by atoms with van der Waals surface area (Å²) in [7, 11) is 0. The zero-order valence-electron chi connectivity index (χ0n) is 12.3. The van der Waals surface area contributed by atoms with Crippen LogP contribution in [0.4, 0.5) is 0 Å². The van der Waals surface area contributed by atoms with Gasteiger partial charge in [-0.05, 0) is 37.5 Å². The molecule has 5 heteroatoms. The lowest BCUT2D eigenvalue weighted by Gasteiger charge is -2.39. The van der Waals surface area contributed by atoms with Gasteiger partial charge in [0.2, 0.25) is 5.91 Å². The minimum Gasteiger partial charge on any atom is -0.508 e. The maximum Gasteiger partial charge on any atom is 0.249 e. The zero-order chi connectivity index (χ0) is 14.9. The smallest absolute Gasteiger partial charge is 0.249 e. The van der Waals surface area contributed by atoms with Gasteiger partial charge in [0.25, 0.3) is 0 Å². The van der Waals surface area contributed by atoms with Crippen molar-refractivity contribution in [2.75, 3.05) is 19.7 Å². The Morgan fingerprint density at radius 2 is 2.24 bits per heavy atom. The van der Waals surface area contributed by atoms with Crippen LogP contribution < -0.4 is 5.32 Å². The maximum absolute atomic E-state index is 12.4. The molecule has 5 nitrogen and oxygen atoms in total. The third-order valence-electron chi connectivity index (χ3n) is 4.11. The molecule has 114 valence electrons. The van der Waals surface area contributed by atoms with E-state index in [9.17, 15) is 9.90 Å². The van der Waals surface area contributed by atoms with E-state index >= 15 is 0 Å². The summed E-state index contributed by atoms with van der Waals surface area (Å²) in [6, 6.07) is 7.41. The summed E-state index contributed by atoms with van der Waals surface area (Å²) in [6.45, 7) is 4.30.